The molecule has 0 spiro atoms. The fourth-order valence-electron chi connectivity index (χ4n) is 3.53. The van der Waals surface area contributed by atoms with Crippen LogP contribution in [-0.4, -0.2) is 38.8 Å². The van der Waals surface area contributed by atoms with Crippen molar-refractivity contribution in [1.29, 1.82) is 0 Å². The molecule has 0 aromatic heterocycles. The van der Waals surface area contributed by atoms with Crippen LogP contribution in [0.3, 0.4) is 0 Å². The summed E-state index contributed by atoms with van der Waals surface area (Å²) in [7, 11) is -2.38. The second kappa shape index (κ2) is 11.0. The third kappa shape index (κ3) is 6.43. The molecule has 1 N–H and O–H groups in total. The monoisotopic (exact) mass is 530 g/mol. The van der Waals surface area contributed by atoms with Gasteiger partial charge in [-0.15, -0.1) is 0 Å². The minimum atomic E-state index is -3.90. The number of hydrogen-bond donors (Lipinski definition) is 1. The summed E-state index contributed by atoms with van der Waals surface area (Å²) in [6.45, 7) is 3.67. The summed E-state index contributed by atoms with van der Waals surface area (Å²) in [4.78, 5) is 13.1. The number of carbonyl (C=O) groups excluding carboxylic acids is 1. The van der Waals surface area contributed by atoms with Gasteiger partial charge >= 0.3 is 0 Å². The Bertz CT molecular complexity index is 1190. The lowest BCUT2D eigenvalue weighted by molar-refractivity contribution is -0.116. The third-order valence-electron chi connectivity index (χ3n) is 5.27. The zero-order valence-electron chi connectivity index (χ0n) is 18.8. The van der Waals surface area contributed by atoms with E-state index in [1.54, 1.807) is 12.1 Å². The number of benzene rings is 3. The Labute approximate surface area is 203 Å². The van der Waals surface area contributed by atoms with Gasteiger partial charge in [0, 0.05) is 16.7 Å². The molecule has 8 heteroatoms. The number of sulfonamides is 1. The summed E-state index contributed by atoms with van der Waals surface area (Å²) in [6, 6.07) is 19.6. The summed E-state index contributed by atoms with van der Waals surface area (Å²) < 4.78 is 34.1. The zero-order chi connectivity index (χ0) is 24.0. The number of ether oxygens (including phenoxy) is 1. The lowest BCUT2D eigenvalue weighted by Crippen LogP contribution is -2.39. The lowest BCUT2D eigenvalue weighted by atomic mass is 10.1. The van der Waals surface area contributed by atoms with Crippen molar-refractivity contribution in [3.63, 3.8) is 0 Å². The first-order valence-corrected chi connectivity index (χ1v) is 12.7. The summed E-state index contributed by atoms with van der Waals surface area (Å²) in [5.41, 5.74) is 3.47. The van der Waals surface area contributed by atoms with Gasteiger partial charge in [0.25, 0.3) is 0 Å². The number of rotatable bonds is 9. The molecule has 0 fully saturated rings. The van der Waals surface area contributed by atoms with Crippen molar-refractivity contribution in [1.82, 2.24) is 4.31 Å². The molecule has 3 aromatic rings. The van der Waals surface area contributed by atoms with Crippen molar-refractivity contribution in [3.05, 3.63) is 87.9 Å². The van der Waals surface area contributed by atoms with Crippen LogP contribution in [0.4, 0.5) is 5.69 Å². The molecule has 0 saturated heterocycles. The van der Waals surface area contributed by atoms with E-state index in [1.165, 1.54) is 23.5 Å². The van der Waals surface area contributed by atoms with Crippen LogP contribution >= 0.6 is 15.9 Å². The molecule has 0 aliphatic carbocycles. The van der Waals surface area contributed by atoms with Gasteiger partial charge in [0.1, 0.15) is 5.75 Å². The quantitative estimate of drug-likeness (QED) is 0.424. The number of carbonyl (C=O) groups is 1. The van der Waals surface area contributed by atoms with E-state index in [2.05, 4.69) is 21.2 Å². The van der Waals surface area contributed by atoms with Gasteiger partial charge < -0.3 is 10.1 Å². The van der Waals surface area contributed by atoms with E-state index < -0.39 is 15.9 Å². The van der Waals surface area contributed by atoms with Crippen LogP contribution in [0.15, 0.2) is 76.1 Å². The van der Waals surface area contributed by atoms with E-state index >= 15 is 0 Å². The number of methoxy groups -OCH3 is 1. The van der Waals surface area contributed by atoms with Gasteiger partial charge in [-0.05, 0) is 73.4 Å². The maximum atomic E-state index is 13.4. The van der Waals surface area contributed by atoms with Crippen molar-refractivity contribution in [3.8, 4) is 5.75 Å². The van der Waals surface area contributed by atoms with E-state index in [1.807, 2.05) is 56.3 Å². The van der Waals surface area contributed by atoms with Crippen LogP contribution in [0.2, 0.25) is 0 Å². The molecule has 1 amide bonds. The zero-order valence-corrected chi connectivity index (χ0v) is 21.2. The molecule has 3 aromatic carbocycles. The maximum absolute atomic E-state index is 13.4. The van der Waals surface area contributed by atoms with Crippen LogP contribution in [0.5, 0.6) is 5.75 Å². The van der Waals surface area contributed by atoms with Gasteiger partial charge in [0.2, 0.25) is 15.9 Å². The van der Waals surface area contributed by atoms with Crippen molar-refractivity contribution in [2.75, 3.05) is 25.5 Å². The molecule has 3 rings (SSSR count). The minimum absolute atomic E-state index is 0.111. The highest BCUT2D eigenvalue weighted by Gasteiger charge is 2.27. The molecular weight excluding hydrogens is 504 g/mol. The number of aryl methyl sites for hydroxylation is 2. The van der Waals surface area contributed by atoms with Gasteiger partial charge in [-0.2, -0.15) is 4.31 Å². The first-order chi connectivity index (χ1) is 15.7. The number of nitrogens with zero attached hydrogens (tertiary/aromatic N) is 1. The first kappa shape index (κ1) is 25.0. The molecule has 174 valence electrons. The largest absolute Gasteiger partial charge is 0.497 e. The summed E-state index contributed by atoms with van der Waals surface area (Å²) in [5.74, 6) is 0.164. The van der Waals surface area contributed by atoms with E-state index in [0.29, 0.717) is 17.9 Å². The third-order valence-corrected chi connectivity index (χ3v) is 7.59. The average Bonchev–Trinajstić information content (AvgIpc) is 2.79. The van der Waals surface area contributed by atoms with Crippen molar-refractivity contribution >= 4 is 37.5 Å². The van der Waals surface area contributed by atoms with Crippen LogP contribution in [0.25, 0.3) is 0 Å². The predicted molar refractivity (Wildman–Crippen MR) is 134 cm³/mol. The Kier molecular flexibility index (Phi) is 8.29. The smallest absolute Gasteiger partial charge is 0.243 e. The Hall–Kier alpha value is -2.68. The lowest BCUT2D eigenvalue weighted by Gasteiger charge is -2.23. The fraction of sp³-hybridized carbons (Fsp3) is 0.240. The molecule has 0 bridgehead atoms. The molecule has 0 atom stereocenters. The minimum Gasteiger partial charge on any atom is -0.497 e. The summed E-state index contributed by atoms with van der Waals surface area (Å²) in [5, 5.41) is 2.89. The van der Waals surface area contributed by atoms with E-state index in [0.717, 1.165) is 21.2 Å². The normalized spacial score (nSPS) is 11.4. The average molecular weight is 531 g/mol. The maximum Gasteiger partial charge on any atom is 0.243 e. The highest BCUT2D eigenvalue weighted by molar-refractivity contribution is 9.10. The summed E-state index contributed by atoms with van der Waals surface area (Å²) >= 11 is 3.45. The molecule has 6 nitrogen and oxygen atoms in total. The molecule has 0 heterocycles. The highest BCUT2D eigenvalue weighted by atomic mass is 79.9. The second-order valence-electron chi connectivity index (χ2n) is 7.71. The number of amides is 1. The number of halogens is 1. The first-order valence-electron chi connectivity index (χ1n) is 10.5. The Morgan fingerprint density at radius 3 is 2.18 bits per heavy atom. The number of hydrogen-bond acceptors (Lipinski definition) is 4. The van der Waals surface area contributed by atoms with Gasteiger partial charge in [-0.25, -0.2) is 8.42 Å². The Balaban J connectivity index is 1.85. The molecule has 0 aliphatic rings. The topological polar surface area (TPSA) is 75.7 Å². The van der Waals surface area contributed by atoms with E-state index in [4.69, 9.17) is 4.74 Å². The molecule has 0 radical (unpaired) electrons. The predicted octanol–water partition coefficient (Wildman–Crippen LogP) is 4.95. The van der Waals surface area contributed by atoms with Crippen LogP contribution in [0.1, 0.15) is 16.7 Å². The van der Waals surface area contributed by atoms with E-state index in [-0.39, 0.29) is 18.0 Å². The van der Waals surface area contributed by atoms with Crippen molar-refractivity contribution in [2.45, 2.75) is 25.2 Å². The summed E-state index contributed by atoms with van der Waals surface area (Å²) in [6.07, 6.45) is 0.486. The molecular formula is C25H27BrN2O4S. The number of anilines is 1. The second-order valence-corrected chi connectivity index (χ2v) is 10.6. The van der Waals surface area contributed by atoms with Gasteiger partial charge in [0.15, 0.2) is 0 Å². The number of nitrogens with one attached hydrogen (secondary N) is 1. The molecule has 33 heavy (non-hydrogen) atoms. The molecule has 0 saturated carbocycles. The molecule has 0 aliphatic heterocycles. The van der Waals surface area contributed by atoms with Gasteiger partial charge in [-0.1, -0.05) is 46.3 Å². The van der Waals surface area contributed by atoms with Crippen LogP contribution in [0, 0.1) is 13.8 Å². The molecule has 0 unspecified atom stereocenters. The highest BCUT2D eigenvalue weighted by Crippen LogP contribution is 2.25. The van der Waals surface area contributed by atoms with Crippen LogP contribution < -0.4 is 10.1 Å². The van der Waals surface area contributed by atoms with Crippen molar-refractivity contribution < 1.29 is 17.9 Å². The van der Waals surface area contributed by atoms with Gasteiger partial charge in [0.05, 0.1) is 18.6 Å². The Morgan fingerprint density at radius 1 is 1.00 bits per heavy atom. The van der Waals surface area contributed by atoms with Gasteiger partial charge in [-0.3, -0.25) is 4.79 Å². The fourth-order valence-corrected chi connectivity index (χ4v) is 5.61. The van der Waals surface area contributed by atoms with Crippen LogP contribution in [-0.2, 0) is 21.2 Å². The van der Waals surface area contributed by atoms with Crippen molar-refractivity contribution in [2.24, 2.45) is 0 Å². The SMILES string of the molecule is COc1ccc(S(=O)(=O)N(CCc2ccccc2)CC(=O)Nc2c(C)cc(Br)cc2C)cc1. The van der Waals surface area contributed by atoms with E-state index in [9.17, 15) is 13.2 Å². The Morgan fingerprint density at radius 2 is 1.61 bits per heavy atom. The standard InChI is InChI=1S/C25H27BrN2O4S/c1-18-15-21(26)16-19(2)25(18)27-24(29)17-28(14-13-20-7-5-4-6-8-20)33(30,31)23-11-9-22(32-3)10-12-23/h4-12,15-16H,13-14,17H2,1-3H3,(H,27,29).